The molecule has 3 heteroatoms. The van der Waals surface area contributed by atoms with Gasteiger partial charge in [0.1, 0.15) is 0 Å². The van der Waals surface area contributed by atoms with E-state index in [1.807, 2.05) is 26.0 Å². The summed E-state index contributed by atoms with van der Waals surface area (Å²) in [5, 5.41) is 13.6. The second-order valence-electron chi connectivity index (χ2n) is 4.82. The zero-order valence-electron chi connectivity index (χ0n) is 10.6. The molecule has 0 spiro atoms. The second kappa shape index (κ2) is 5.41. The van der Waals surface area contributed by atoms with Crippen molar-refractivity contribution in [1.29, 1.82) is 0 Å². The molecule has 1 rings (SSSR count). The Morgan fingerprint density at radius 3 is 2.62 bits per heavy atom. The van der Waals surface area contributed by atoms with Gasteiger partial charge in [0.15, 0.2) is 0 Å². The number of hydrogen-bond donors (Lipinski definition) is 2. The molecule has 0 saturated heterocycles. The van der Waals surface area contributed by atoms with Gasteiger partial charge in [-0.2, -0.15) is 0 Å². The minimum absolute atomic E-state index is 0.451. The largest absolute Gasteiger partial charge is 0.385 e. The average molecular weight is 222 g/mol. The lowest BCUT2D eigenvalue weighted by Gasteiger charge is -2.24. The molecule has 1 atom stereocenters. The highest BCUT2D eigenvalue weighted by atomic mass is 16.3. The van der Waals surface area contributed by atoms with Crippen molar-refractivity contribution in [1.82, 2.24) is 10.3 Å². The van der Waals surface area contributed by atoms with Gasteiger partial charge in [0.2, 0.25) is 0 Å². The summed E-state index contributed by atoms with van der Waals surface area (Å²) >= 11 is 0. The van der Waals surface area contributed by atoms with Gasteiger partial charge in [-0.15, -0.1) is 0 Å². The van der Waals surface area contributed by atoms with Crippen LogP contribution in [0.25, 0.3) is 0 Å². The van der Waals surface area contributed by atoms with Gasteiger partial charge in [0.05, 0.1) is 5.60 Å². The van der Waals surface area contributed by atoms with Gasteiger partial charge < -0.3 is 10.4 Å². The normalized spacial score (nSPS) is 15.1. The van der Waals surface area contributed by atoms with Crippen LogP contribution < -0.4 is 5.32 Å². The predicted molar refractivity (Wildman–Crippen MR) is 66.3 cm³/mol. The van der Waals surface area contributed by atoms with E-state index in [0.29, 0.717) is 12.5 Å². The minimum Gasteiger partial charge on any atom is -0.385 e. The quantitative estimate of drug-likeness (QED) is 0.801. The van der Waals surface area contributed by atoms with Gasteiger partial charge in [-0.05, 0) is 32.9 Å². The van der Waals surface area contributed by atoms with Crippen LogP contribution in [-0.4, -0.2) is 22.7 Å². The van der Waals surface area contributed by atoms with E-state index in [9.17, 15) is 5.11 Å². The lowest BCUT2D eigenvalue weighted by Crippen LogP contribution is -2.31. The molecular weight excluding hydrogens is 200 g/mol. The fourth-order valence-electron chi connectivity index (χ4n) is 1.53. The van der Waals surface area contributed by atoms with Crippen molar-refractivity contribution in [2.24, 2.45) is 0 Å². The monoisotopic (exact) mass is 222 g/mol. The summed E-state index contributed by atoms with van der Waals surface area (Å²) in [6.45, 7) is 8.78. The van der Waals surface area contributed by atoms with Gasteiger partial charge in [0.25, 0.3) is 0 Å². The third-order valence-corrected chi connectivity index (χ3v) is 2.70. The number of nitrogens with zero attached hydrogens (tertiary/aromatic N) is 1. The zero-order valence-corrected chi connectivity index (χ0v) is 10.6. The van der Waals surface area contributed by atoms with E-state index < -0.39 is 5.60 Å². The van der Waals surface area contributed by atoms with E-state index >= 15 is 0 Å². The summed E-state index contributed by atoms with van der Waals surface area (Å²) in [6.07, 6.45) is 2.45. The maximum absolute atomic E-state index is 10.3. The van der Waals surface area contributed by atoms with Crippen LogP contribution in [0.2, 0.25) is 0 Å². The number of aliphatic hydroxyl groups is 1. The Morgan fingerprint density at radius 2 is 2.12 bits per heavy atom. The fourth-order valence-corrected chi connectivity index (χ4v) is 1.53. The molecule has 0 aliphatic heterocycles. The van der Waals surface area contributed by atoms with Crippen molar-refractivity contribution in [2.45, 2.75) is 45.8 Å². The first-order valence-corrected chi connectivity index (χ1v) is 5.81. The van der Waals surface area contributed by atoms with Gasteiger partial charge in [-0.3, -0.25) is 4.98 Å². The summed E-state index contributed by atoms with van der Waals surface area (Å²) in [5.74, 6) is 0. The Labute approximate surface area is 97.9 Å². The molecule has 1 aromatic rings. The molecule has 16 heavy (non-hydrogen) atoms. The van der Waals surface area contributed by atoms with Crippen molar-refractivity contribution in [3.8, 4) is 0 Å². The number of aromatic nitrogens is 1. The molecule has 3 nitrogen and oxygen atoms in total. The molecule has 0 bridgehead atoms. The first-order chi connectivity index (χ1) is 7.42. The van der Waals surface area contributed by atoms with E-state index in [-0.39, 0.29) is 0 Å². The van der Waals surface area contributed by atoms with Gasteiger partial charge >= 0.3 is 0 Å². The molecule has 1 aromatic heterocycles. The Kier molecular flexibility index (Phi) is 4.44. The van der Waals surface area contributed by atoms with Crippen LogP contribution >= 0.6 is 0 Å². The molecule has 0 aliphatic rings. The number of nitrogens with one attached hydrogen (secondary N) is 1. The summed E-state index contributed by atoms with van der Waals surface area (Å²) in [4.78, 5) is 4.21. The SMILES string of the molecule is Cc1ccc(C(C)(O)CCNC(C)C)cn1. The lowest BCUT2D eigenvalue weighted by atomic mass is 9.94. The van der Waals surface area contributed by atoms with Crippen LogP contribution in [0.15, 0.2) is 18.3 Å². The van der Waals surface area contributed by atoms with Crippen molar-refractivity contribution in [2.75, 3.05) is 6.54 Å². The molecule has 0 fully saturated rings. The van der Waals surface area contributed by atoms with Gasteiger partial charge in [-0.25, -0.2) is 0 Å². The minimum atomic E-state index is -0.803. The highest BCUT2D eigenvalue weighted by Gasteiger charge is 2.22. The maximum Gasteiger partial charge on any atom is 0.0895 e. The number of aryl methyl sites for hydroxylation is 1. The maximum atomic E-state index is 10.3. The molecule has 0 amide bonds. The van der Waals surface area contributed by atoms with Gasteiger partial charge in [-0.1, -0.05) is 19.9 Å². The third kappa shape index (κ3) is 3.91. The van der Waals surface area contributed by atoms with Crippen molar-refractivity contribution in [3.63, 3.8) is 0 Å². The lowest BCUT2D eigenvalue weighted by molar-refractivity contribution is 0.0472. The molecule has 1 heterocycles. The Bertz CT molecular complexity index is 317. The first kappa shape index (κ1) is 13.1. The Hall–Kier alpha value is -0.930. The van der Waals surface area contributed by atoms with Crippen LogP contribution in [0.5, 0.6) is 0 Å². The molecular formula is C13H22N2O. The van der Waals surface area contributed by atoms with E-state index in [1.165, 1.54) is 0 Å². The molecule has 2 N–H and O–H groups in total. The standard InChI is InChI=1S/C13H22N2O/c1-10(2)14-8-7-13(4,16)12-6-5-11(3)15-9-12/h5-6,9-10,14,16H,7-8H2,1-4H3. The number of pyridine rings is 1. The van der Waals surface area contributed by atoms with Crippen molar-refractivity contribution >= 4 is 0 Å². The van der Waals surface area contributed by atoms with Crippen molar-refractivity contribution in [3.05, 3.63) is 29.6 Å². The molecule has 90 valence electrons. The van der Waals surface area contributed by atoms with Crippen LogP contribution in [0.3, 0.4) is 0 Å². The molecule has 0 aliphatic carbocycles. The van der Waals surface area contributed by atoms with Gasteiger partial charge in [0, 0.05) is 23.5 Å². The fraction of sp³-hybridized carbons (Fsp3) is 0.615. The predicted octanol–water partition coefficient (Wildman–Crippen LogP) is 1.99. The molecule has 0 aromatic carbocycles. The smallest absolute Gasteiger partial charge is 0.0895 e. The summed E-state index contributed by atoms with van der Waals surface area (Å²) in [6, 6.07) is 4.32. The van der Waals surface area contributed by atoms with E-state index in [0.717, 1.165) is 17.8 Å². The van der Waals surface area contributed by atoms with Crippen LogP contribution in [0, 0.1) is 6.92 Å². The second-order valence-corrected chi connectivity index (χ2v) is 4.82. The Balaban J connectivity index is 2.59. The van der Waals surface area contributed by atoms with E-state index in [1.54, 1.807) is 6.20 Å². The topological polar surface area (TPSA) is 45.1 Å². The summed E-state index contributed by atoms with van der Waals surface area (Å²) in [7, 11) is 0. The van der Waals surface area contributed by atoms with Crippen molar-refractivity contribution < 1.29 is 5.11 Å². The van der Waals surface area contributed by atoms with E-state index in [4.69, 9.17) is 0 Å². The summed E-state index contributed by atoms with van der Waals surface area (Å²) in [5.41, 5.74) is 1.05. The highest BCUT2D eigenvalue weighted by molar-refractivity contribution is 5.19. The molecule has 0 saturated carbocycles. The highest BCUT2D eigenvalue weighted by Crippen LogP contribution is 2.23. The average Bonchev–Trinajstić information content (AvgIpc) is 2.17. The van der Waals surface area contributed by atoms with E-state index in [2.05, 4.69) is 24.1 Å². The molecule has 1 unspecified atom stereocenters. The molecule has 0 radical (unpaired) electrons. The number of rotatable bonds is 5. The number of hydrogen-bond acceptors (Lipinski definition) is 3. The van der Waals surface area contributed by atoms with Crippen LogP contribution in [0.4, 0.5) is 0 Å². The Morgan fingerprint density at radius 1 is 1.44 bits per heavy atom. The first-order valence-electron chi connectivity index (χ1n) is 5.81. The third-order valence-electron chi connectivity index (χ3n) is 2.70. The summed E-state index contributed by atoms with van der Waals surface area (Å²) < 4.78 is 0. The zero-order chi connectivity index (χ0) is 12.2. The van der Waals surface area contributed by atoms with Crippen LogP contribution in [-0.2, 0) is 5.60 Å². The van der Waals surface area contributed by atoms with Crippen LogP contribution in [0.1, 0.15) is 38.4 Å².